The van der Waals surface area contributed by atoms with Gasteiger partial charge in [-0.25, -0.2) is 4.98 Å². The Kier molecular flexibility index (Phi) is 2.78. The molecule has 2 N–H and O–H groups in total. The maximum absolute atomic E-state index is 8.86. The van der Waals surface area contributed by atoms with Crippen molar-refractivity contribution >= 4 is 17.0 Å². The molecule has 0 bridgehead atoms. The quantitative estimate of drug-likeness (QED) is 0.852. The van der Waals surface area contributed by atoms with Crippen LogP contribution in [0.3, 0.4) is 0 Å². The lowest BCUT2D eigenvalue weighted by molar-refractivity contribution is 0.653. The number of nitrogens with zero attached hydrogens (tertiary/aromatic N) is 3. The van der Waals surface area contributed by atoms with Crippen LogP contribution in [-0.2, 0) is 6.54 Å². The van der Waals surface area contributed by atoms with Crippen LogP contribution in [0, 0.1) is 11.3 Å². The van der Waals surface area contributed by atoms with Crippen molar-refractivity contribution in [1.82, 2.24) is 9.55 Å². The number of aromatic nitrogens is 2. The van der Waals surface area contributed by atoms with E-state index in [4.69, 9.17) is 11.0 Å². The van der Waals surface area contributed by atoms with Gasteiger partial charge in [0.1, 0.15) is 0 Å². The average molecular weight is 214 g/mol. The molecule has 1 heterocycles. The zero-order chi connectivity index (χ0) is 11.5. The lowest BCUT2D eigenvalue weighted by atomic mass is 10.2. The predicted molar refractivity (Wildman–Crippen MR) is 63.8 cm³/mol. The molecule has 2 rings (SSSR count). The molecular formula is C12H14N4. The molecule has 0 aliphatic carbocycles. The first-order valence-corrected chi connectivity index (χ1v) is 5.42. The Morgan fingerprint density at radius 2 is 2.31 bits per heavy atom. The number of aryl methyl sites for hydroxylation is 1. The van der Waals surface area contributed by atoms with Crippen LogP contribution in [0.1, 0.15) is 25.3 Å². The number of fused-ring (bicyclic) bond motifs is 1. The summed E-state index contributed by atoms with van der Waals surface area (Å²) in [7, 11) is 0. The molecule has 0 amide bonds. The van der Waals surface area contributed by atoms with Gasteiger partial charge in [0, 0.05) is 6.54 Å². The Labute approximate surface area is 94.3 Å². The largest absolute Gasteiger partial charge is 0.369 e. The Hall–Kier alpha value is -2.02. The minimum Gasteiger partial charge on any atom is -0.369 e. The maximum atomic E-state index is 8.86. The van der Waals surface area contributed by atoms with Crippen molar-refractivity contribution < 1.29 is 0 Å². The van der Waals surface area contributed by atoms with Crippen molar-refractivity contribution in [2.75, 3.05) is 5.73 Å². The first-order chi connectivity index (χ1) is 7.76. The lowest BCUT2D eigenvalue weighted by Crippen LogP contribution is -2.03. The van der Waals surface area contributed by atoms with Crippen molar-refractivity contribution in [1.29, 1.82) is 5.26 Å². The molecule has 16 heavy (non-hydrogen) atoms. The summed E-state index contributed by atoms with van der Waals surface area (Å²) in [5.41, 5.74) is 8.30. The Morgan fingerprint density at radius 3 is 3.00 bits per heavy atom. The monoisotopic (exact) mass is 214 g/mol. The van der Waals surface area contributed by atoms with Gasteiger partial charge in [-0.05, 0) is 24.6 Å². The van der Waals surface area contributed by atoms with E-state index >= 15 is 0 Å². The fourth-order valence-corrected chi connectivity index (χ4v) is 1.76. The van der Waals surface area contributed by atoms with E-state index in [2.05, 4.69) is 18.0 Å². The highest BCUT2D eigenvalue weighted by atomic mass is 15.1. The van der Waals surface area contributed by atoms with Crippen LogP contribution < -0.4 is 5.73 Å². The molecular weight excluding hydrogens is 200 g/mol. The lowest BCUT2D eigenvalue weighted by Gasteiger charge is -2.04. The summed E-state index contributed by atoms with van der Waals surface area (Å²) in [5, 5.41) is 8.86. The Balaban J connectivity index is 2.53. The molecule has 0 spiro atoms. The van der Waals surface area contributed by atoms with E-state index < -0.39 is 0 Å². The molecule has 0 unspecified atom stereocenters. The van der Waals surface area contributed by atoms with E-state index in [1.165, 1.54) is 0 Å². The number of hydrogen-bond acceptors (Lipinski definition) is 3. The molecule has 4 nitrogen and oxygen atoms in total. The van der Waals surface area contributed by atoms with Gasteiger partial charge < -0.3 is 10.3 Å². The van der Waals surface area contributed by atoms with Crippen LogP contribution in [0.2, 0.25) is 0 Å². The smallest absolute Gasteiger partial charge is 0.201 e. The van der Waals surface area contributed by atoms with Crippen LogP contribution in [0.15, 0.2) is 18.2 Å². The highest BCUT2D eigenvalue weighted by molar-refractivity contribution is 5.79. The third kappa shape index (κ3) is 1.72. The fourth-order valence-electron chi connectivity index (χ4n) is 1.76. The Bertz CT molecular complexity index is 548. The first-order valence-electron chi connectivity index (χ1n) is 5.42. The molecule has 1 aromatic carbocycles. The summed E-state index contributed by atoms with van der Waals surface area (Å²) < 4.78 is 1.97. The van der Waals surface area contributed by atoms with E-state index in [0.29, 0.717) is 11.5 Å². The zero-order valence-electron chi connectivity index (χ0n) is 9.27. The highest BCUT2D eigenvalue weighted by Crippen LogP contribution is 2.19. The number of nitrogen functional groups attached to an aromatic ring is 1. The number of imidazole rings is 1. The summed E-state index contributed by atoms with van der Waals surface area (Å²) in [4.78, 5) is 4.27. The molecule has 0 radical (unpaired) electrons. The van der Waals surface area contributed by atoms with E-state index in [-0.39, 0.29) is 0 Å². The first kappa shape index (κ1) is 10.5. The van der Waals surface area contributed by atoms with Gasteiger partial charge in [-0.15, -0.1) is 0 Å². The van der Waals surface area contributed by atoms with Crippen molar-refractivity contribution in [3.63, 3.8) is 0 Å². The number of hydrogen-bond donors (Lipinski definition) is 1. The van der Waals surface area contributed by atoms with E-state index in [1.807, 2.05) is 16.7 Å². The second-order valence-corrected chi connectivity index (χ2v) is 3.79. The molecule has 82 valence electrons. The number of nitrogens with two attached hydrogens (primary N) is 1. The third-order valence-electron chi connectivity index (χ3n) is 2.64. The van der Waals surface area contributed by atoms with Crippen LogP contribution in [-0.4, -0.2) is 9.55 Å². The minimum atomic E-state index is 0.526. The third-order valence-corrected chi connectivity index (χ3v) is 2.64. The van der Waals surface area contributed by atoms with Crippen LogP contribution in [0.5, 0.6) is 0 Å². The summed E-state index contributed by atoms with van der Waals surface area (Å²) in [6.07, 6.45) is 2.17. The van der Waals surface area contributed by atoms with E-state index in [1.54, 1.807) is 6.07 Å². The van der Waals surface area contributed by atoms with Gasteiger partial charge in [0.2, 0.25) is 5.95 Å². The highest BCUT2D eigenvalue weighted by Gasteiger charge is 2.07. The molecule has 2 aromatic rings. The second kappa shape index (κ2) is 4.23. The van der Waals surface area contributed by atoms with Gasteiger partial charge in [0.05, 0.1) is 22.7 Å². The maximum Gasteiger partial charge on any atom is 0.201 e. The van der Waals surface area contributed by atoms with E-state index in [9.17, 15) is 0 Å². The molecule has 4 heteroatoms. The normalized spacial score (nSPS) is 10.5. The summed E-state index contributed by atoms with van der Waals surface area (Å²) in [6, 6.07) is 7.57. The van der Waals surface area contributed by atoms with Crippen molar-refractivity contribution in [3.05, 3.63) is 23.8 Å². The molecule has 0 saturated heterocycles. The molecule has 0 aliphatic rings. The minimum absolute atomic E-state index is 0.526. The van der Waals surface area contributed by atoms with Crippen LogP contribution in [0.4, 0.5) is 5.95 Å². The van der Waals surface area contributed by atoms with Crippen LogP contribution in [0.25, 0.3) is 11.0 Å². The molecule has 0 aliphatic heterocycles. The van der Waals surface area contributed by atoms with Gasteiger partial charge in [0.25, 0.3) is 0 Å². The molecule has 1 aromatic heterocycles. The van der Waals surface area contributed by atoms with Gasteiger partial charge in [0.15, 0.2) is 0 Å². The van der Waals surface area contributed by atoms with Gasteiger partial charge >= 0.3 is 0 Å². The average Bonchev–Trinajstić information content (AvgIpc) is 2.61. The van der Waals surface area contributed by atoms with Gasteiger partial charge in [-0.2, -0.15) is 5.26 Å². The van der Waals surface area contributed by atoms with Gasteiger partial charge in [-0.3, -0.25) is 0 Å². The molecule has 0 fully saturated rings. The second-order valence-electron chi connectivity index (χ2n) is 3.79. The zero-order valence-corrected chi connectivity index (χ0v) is 9.27. The number of anilines is 1. The standard InChI is InChI=1S/C12H14N4/c1-2-3-6-16-11-7-9(8-13)4-5-10(11)15-12(16)14/h4-5,7H,2-3,6H2,1H3,(H2,14,15). The molecule has 0 atom stereocenters. The van der Waals surface area contributed by atoms with Crippen molar-refractivity contribution in [2.45, 2.75) is 26.3 Å². The summed E-state index contributed by atoms with van der Waals surface area (Å²) in [6.45, 7) is 2.99. The number of benzene rings is 1. The van der Waals surface area contributed by atoms with E-state index in [0.717, 1.165) is 30.4 Å². The SMILES string of the molecule is CCCCn1c(N)nc2ccc(C#N)cc21. The Morgan fingerprint density at radius 1 is 1.50 bits per heavy atom. The number of unbranched alkanes of at least 4 members (excludes halogenated alkanes) is 1. The number of nitriles is 1. The molecule has 0 saturated carbocycles. The number of rotatable bonds is 3. The predicted octanol–water partition coefficient (Wildman–Crippen LogP) is 2.29. The summed E-state index contributed by atoms with van der Waals surface area (Å²) >= 11 is 0. The van der Waals surface area contributed by atoms with Crippen LogP contribution >= 0.6 is 0 Å². The summed E-state index contributed by atoms with van der Waals surface area (Å²) in [5.74, 6) is 0.526. The van der Waals surface area contributed by atoms with Gasteiger partial charge in [-0.1, -0.05) is 13.3 Å². The fraction of sp³-hybridized carbons (Fsp3) is 0.333. The van der Waals surface area contributed by atoms with Crippen molar-refractivity contribution in [2.24, 2.45) is 0 Å². The topological polar surface area (TPSA) is 67.6 Å². The van der Waals surface area contributed by atoms with Crippen molar-refractivity contribution in [3.8, 4) is 6.07 Å².